The summed E-state index contributed by atoms with van der Waals surface area (Å²) < 4.78 is 40.8. The number of halogens is 2. The van der Waals surface area contributed by atoms with Crippen molar-refractivity contribution in [3.8, 4) is 22.6 Å². The minimum atomic E-state index is -0.296. The summed E-state index contributed by atoms with van der Waals surface area (Å²) in [4.78, 5) is 2.47. The molecule has 3 aromatic carbocycles. The van der Waals surface area contributed by atoms with Crippen LogP contribution in [0.2, 0.25) is 0 Å². The van der Waals surface area contributed by atoms with E-state index in [0.29, 0.717) is 24.5 Å². The Morgan fingerprint density at radius 2 is 1.64 bits per heavy atom. The molecule has 0 bridgehead atoms. The van der Waals surface area contributed by atoms with Crippen LogP contribution in [0.1, 0.15) is 50.2 Å². The Bertz CT molecular complexity index is 1230. The van der Waals surface area contributed by atoms with Gasteiger partial charge in [0.2, 0.25) is 0 Å². The van der Waals surface area contributed by atoms with E-state index in [1.165, 1.54) is 43.0 Å². The standard InChI is InChI=1S/C31H33F2NO2/c1-2-3-17-35-26-12-13-29(33)27(19-26)23-9-14-30-28(18-23)31(22-7-10-25(32)11-8-22)24(21-36-30)20-34-15-5-4-6-16-34/h7-14,18-19H,2-6,15-17,20-21H2,1H3. The van der Waals surface area contributed by atoms with Gasteiger partial charge in [-0.05, 0) is 97.1 Å². The van der Waals surface area contributed by atoms with Gasteiger partial charge in [-0.15, -0.1) is 0 Å². The van der Waals surface area contributed by atoms with Crippen LogP contribution in [0.3, 0.4) is 0 Å². The van der Waals surface area contributed by atoms with Crippen LogP contribution < -0.4 is 9.47 Å². The van der Waals surface area contributed by atoms with Crippen LogP contribution in [0.4, 0.5) is 8.78 Å². The summed E-state index contributed by atoms with van der Waals surface area (Å²) in [5, 5.41) is 0. The third kappa shape index (κ3) is 5.46. The Morgan fingerprint density at radius 1 is 0.861 bits per heavy atom. The van der Waals surface area contributed by atoms with Crippen molar-refractivity contribution in [2.45, 2.75) is 39.0 Å². The Hall–Kier alpha value is -3.18. The first kappa shape index (κ1) is 24.5. The molecular formula is C31H33F2NO2. The largest absolute Gasteiger partial charge is 0.494 e. The Labute approximate surface area is 212 Å². The molecule has 0 amide bonds. The van der Waals surface area contributed by atoms with Gasteiger partial charge in [0, 0.05) is 17.7 Å². The predicted molar refractivity (Wildman–Crippen MR) is 140 cm³/mol. The van der Waals surface area contributed by atoms with Gasteiger partial charge in [0.15, 0.2) is 0 Å². The molecule has 0 saturated carbocycles. The summed E-state index contributed by atoms with van der Waals surface area (Å²) in [6.07, 6.45) is 5.68. The lowest BCUT2D eigenvalue weighted by Gasteiger charge is -2.31. The first-order valence-electron chi connectivity index (χ1n) is 13.0. The van der Waals surface area contributed by atoms with E-state index < -0.39 is 0 Å². The minimum absolute atomic E-state index is 0.264. The maximum Gasteiger partial charge on any atom is 0.131 e. The van der Waals surface area contributed by atoms with Crippen LogP contribution in [-0.2, 0) is 0 Å². The third-order valence-corrected chi connectivity index (χ3v) is 7.02. The first-order valence-corrected chi connectivity index (χ1v) is 13.0. The van der Waals surface area contributed by atoms with Gasteiger partial charge in [0.05, 0.1) is 6.61 Å². The average molecular weight is 490 g/mol. The van der Waals surface area contributed by atoms with Crippen molar-refractivity contribution in [3.63, 3.8) is 0 Å². The maximum atomic E-state index is 15.0. The highest BCUT2D eigenvalue weighted by Gasteiger charge is 2.25. The fourth-order valence-corrected chi connectivity index (χ4v) is 5.08. The Kier molecular flexibility index (Phi) is 7.66. The van der Waals surface area contributed by atoms with E-state index in [4.69, 9.17) is 9.47 Å². The maximum absolute atomic E-state index is 15.0. The van der Waals surface area contributed by atoms with Crippen LogP contribution in [0, 0.1) is 11.6 Å². The van der Waals surface area contributed by atoms with Crippen LogP contribution in [0.5, 0.6) is 11.5 Å². The van der Waals surface area contributed by atoms with Gasteiger partial charge in [0.25, 0.3) is 0 Å². The highest BCUT2D eigenvalue weighted by atomic mass is 19.1. The highest BCUT2D eigenvalue weighted by Crippen LogP contribution is 2.41. The van der Waals surface area contributed by atoms with Gasteiger partial charge < -0.3 is 9.47 Å². The molecule has 2 aliphatic rings. The fraction of sp³-hybridized carbons (Fsp3) is 0.355. The van der Waals surface area contributed by atoms with Gasteiger partial charge in [-0.1, -0.05) is 38.0 Å². The lowest BCUT2D eigenvalue weighted by Crippen LogP contribution is -2.33. The van der Waals surface area contributed by atoms with E-state index in [-0.39, 0.29) is 11.6 Å². The number of unbranched alkanes of at least 4 members (excludes halogenated alkanes) is 1. The van der Waals surface area contributed by atoms with Crippen LogP contribution >= 0.6 is 0 Å². The predicted octanol–water partition coefficient (Wildman–Crippen LogP) is 7.49. The summed E-state index contributed by atoms with van der Waals surface area (Å²) in [5.74, 6) is 0.862. The SMILES string of the molecule is CCCCOc1ccc(F)c(-c2ccc3c(c2)C(c2ccc(F)cc2)=C(CN2CCCCC2)CO3)c1. The van der Waals surface area contributed by atoms with E-state index in [9.17, 15) is 8.78 Å². The molecule has 0 radical (unpaired) electrons. The molecule has 188 valence electrons. The first-order chi connectivity index (χ1) is 17.6. The molecule has 0 aliphatic carbocycles. The number of rotatable bonds is 8. The van der Waals surface area contributed by atoms with E-state index in [1.807, 2.05) is 30.3 Å². The molecule has 3 nitrogen and oxygen atoms in total. The molecule has 1 fully saturated rings. The second-order valence-corrected chi connectivity index (χ2v) is 9.67. The summed E-state index contributed by atoms with van der Waals surface area (Å²) in [6.45, 7) is 6.17. The van der Waals surface area contributed by atoms with E-state index in [2.05, 4.69) is 11.8 Å². The molecule has 1 saturated heterocycles. The van der Waals surface area contributed by atoms with Crippen LogP contribution in [0.25, 0.3) is 16.7 Å². The van der Waals surface area contributed by atoms with E-state index in [0.717, 1.165) is 60.5 Å². The van der Waals surface area contributed by atoms with Gasteiger partial charge >= 0.3 is 0 Å². The molecule has 0 unspecified atom stereocenters. The molecule has 0 N–H and O–H groups in total. The number of benzene rings is 3. The molecule has 0 atom stereocenters. The van der Waals surface area contributed by atoms with E-state index >= 15 is 0 Å². The Morgan fingerprint density at radius 3 is 2.42 bits per heavy atom. The zero-order valence-electron chi connectivity index (χ0n) is 20.9. The molecule has 5 heteroatoms. The second-order valence-electron chi connectivity index (χ2n) is 9.67. The third-order valence-electron chi connectivity index (χ3n) is 7.02. The molecular weight excluding hydrogens is 456 g/mol. The highest BCUT2D eigenvalue weighted by molar-refractivity contribution is 5.88. The molecule has 2 heterocycles. The zero-order valence-corrected chi connectivity index (χ0v) is 20.9. The number of ether oxygens (including phenoxy) is 2. The second kappa shape index (κ2) is 11.3. The minimum Gasteiger partial charge on any atom is -0.494 e. The molecule has 0 aromatic heterocycles. The smallest absolute Gasteiger partial charge is 0.131 e. The van der Waals surface area contributed by atoms with Gasteiger partial charge in [0.1, 0.15) is 29.7 Å². The van der Waals surface area contributed by atoms with E-state index in [1.54, 1.807) is 12.1 Å². The number of fused-ring (bicyclic) bond motifs is 1. The fourth-order valence-electron chi connectivity index (χ4n) is 5.08. The number of piperidine rings is 1. The normalized spacial score (nSPS) is 16.0. The Balaban J connectivity index is 1.56. The van der Waals surface area contributed by atoms with Gasteiger partial charge in [-0.3, -0.25) is 4.90 Å². The molecule has 0 spiro atoms. The number of nitrogens with zero attached hydrogens (tertiary/aromatic N) is 1. The van der Waals surface area contributed by atoms with Crippen molar-refractivity contribution in [1.29, 1.82) is 0 Å². The van der Waals surface area contributed by atoms with Crippen molar-refractivity contribution in [1.82, 2.24) is 4.90 Å². The summed E-state index contributed by atoms with van der Waals surface area (Å²) in [7, 11) is 0. The monoisotopic (exact) mass is 489 g/mol. The molecule has 5 rings (SSSR count). The van der Waals surface area contributed by atoms with Gasteiger partial charge in [-0.2, -0.15) is 0 Å². The van der Waals surface area contributed by atoms with Crippen molar-refractivity contribution in [2.75, 3.05) is 32.8 Å². The average Bonchev–Trinajstić information content (AvgIpc) is 2.91. The number of likely N-dealkylation sites (tertiary alicyclic amines) is 1. The van der Waals surface area contributed by atoms with Crippen molar-refractivity contribution < 1.29 is 18.3 Å². The zero-order chi connectivity index (χ0) is 24.9. The molecule has 2 aliphatic heterocycles. The number of hydrogen-bond acceptors (Lipinski definition) is 3. The molecule has 36 heavy (non-hydrogen) atoms. The van der Waals surface area contributed by atoms with Crippen molar-refractivity contribution >= 4 is 5.57 Å². The van der Waals surface area contributed by atoms with Gasteiger partial charge in [-0.25, -0.2) is 8.78 Å². The topological polar surface area (TPSA) is 21.7 Å². The summed E-state index contributed by atoms with van der Waals surface area (Å²) >= 11 is 0. The lowest BCUT2D eigenvalue weighted by molar-refractivity contribution is 0.234. The lowest BCUT2D eigenvalue weighted by atomic mass is 9.88. The van der Waals surface area contributed by atoms with Crippen molar-refractivity contribution in [3.05, 3.63) is 89.0 Å². The summed E-state index contributed by atoms with van der Waals surface area (Å²) in [5.41, 5.74) is 5.34. The quantitative estimate of drug-likeness (QED) is 0.306. The summed E-state index contributed by atoms with van der Waals surface area (Å²) in [6, 6.07) is 17.4. The van der Waals surface area contributed by atoms with Crippen LogP contribution in [-0.4, -0.2) is 37.7 Å². The number of hydrogen-bond donors (Lipinski definition) is 0. The van der Waals surface area contributed by atoms with Crippen molar-refractivity contribution in [2.24, 2.45) is 0 Å². The molecule has 3 aromatic rings. The van der Waals surface area contributed by atoms with Crippen LogP contribution in [0.15, 0.2) is 66.2 Å².